The summed E-state index contributed by atoms with van der Waals surface area (Å²) in [7, 11) is 2.01. The van der Waals surface area contributed by atoms with Crippen LogP contribution < -0.4 is 20.2 Å². The van der Waals surface area contributed by atoms with Gasteiger partial charge in [0.2, 0.25) is 5.91 Å². The van der Waals surface area contributed by atoms with Crippen LogP contribution >= 0.6 is 0 Å². The van der Waals surface area contributed by atoms with E-state index in [4.69, 9.17) is 4.74 Å². The minimum atomic E-state index is -0.397. The number of hydrazine groups is 1. The summed E-state index contributed by atoms with van der Waals surface area (Å²) in [6.45, 7) is 5.42. The third-order valence-corrected chi connectivity index (χ3v) is 6.54. The van der Waals surface area contributed by atoms with Crippen molar-refractivity contribution < 1.29 is 14.3 Å². The van der Waals surface area contributed by atoms with E-state index in [-0.39, 0.29) is 17.9 Å². The Labute approximate surface area is 182 Å². The van der Waals surface area contributed by atoms with Crippen molar-refractivity contribution in [3.63, 3.8) is 0 Å². The summed E-state index contributed by atoms with van der Waals surface area (Å²) in [6, 6.07) is 12.2. The van der Waals surface area contributed by atoms with Crippen molar-refractivity contribution in [2.45, 2.75) is 45.4 Å². The van der Waals surface area contributed by atoms with Gasteiger partial charge in [0.25, 0.3) is 5.91 Å². The molecule has 2 aromatic rings. The molecule has 162 valence electrons. The predicted molar refractivity (Wildman–Crippen MR) is 121 cm³/mol. The number of benzene rings is 2. The lowest BCUT2D eigenvalue weighted by Crippen LogP contribution is -2.53. The highest BCUT2D eigenvalue weighted by Gasteiger charge is 2.37. The second-order valence-corrected chi connectivity index (χ2v) is 8.59. The zero-order valence-electron chi connectivity index (χ0n) is 18.2. The lowest BCUT2D eigenvalue weighted by Gasteiger charge is -2.41. The van der Waals surface area contributed by atoms with Crippen molar-refractivity contribution in [3.05, 3.63) is 42.0 Å². The fraction of sp³-hybridized carbons (Fsp3) is 0.417. The summed E-state index contributed by atoms with van der Waals surface area (Å²) in [4.78, 5) is 29.4. The number of amides is 2. The van der Waals surface area contributed by atoms with E-state index in [2.05, 4.69) is 35.8 Å². The molecule has 0 saturated carbocycles. The van der Waals surface area contributed by atoms with E-state index < -0.39 is 6.10 Å². The Morgan fingerprint density at radius 3 is 2.71 bits per heavy atom. The van der Waals surface area contributed by atoms with Crippen molar-refractivity contribution in [1.29, 1.82) is 0 Å². The number of fused-ring (bicyclic) bond motifs is 2. The first kappa shape index (κ1) is 20.0. The molecule has 31 heavy (non-hydrogen) atoms. The highest BCUT2D eigenvalue weighted by atomic mass is 16.5. The van der Waals surface area contributed by atoms with Gasteiger partial charge in [-0.05, 0) is 49.1 Å². The van der Waals surface area contributed by atoms with Crippen molar-refractivity contribution >= 4 is 28.9 Å². The van der Waals surface area contributed by atoms with E-state index in [1.54, 1.807) is 11.8 Å². The van der Waals surface area contributed by atoms with Gasteiger partial charge in [-0.15, -0.1) is 0 Å². The number of carbonyl (C=O) groups is 2. The first-order valence-corrected chi connectivity index (χ1v) is 10.9. The molecule has 7 heteroatoms. The Morgan fingerprint density at radius 2 is 1.97 bits per heavy atom. The Morgan fingerprint density at radius 1 is 1.13 bits per heavy atom. The molecule has 2 atom stereocenters. The first-order chi connectivity index (χ1) is 15.0. The molecule has 2 amide bonds. The summed E-state index contributed by atoms with van der Waals surface area (Å²) >= 11 is 0. The zero-order valence-corrected chi connectivity index (χ0v) is 18.2. The van der Waals surface area contributed by atoms with Crippen LogP contribution in [0.4, 0.5) is 17.1 Å². The molecule has 3 aliphatic rings. The van der Waals surface area contributed by atoms with Crippen LogP contribution in [0, 0.1) is 0 Å². The van der Waals surface area contributed by atoms with Gasteiger partial charge in [-0.3, -0.25) is 9.59 Å². The van der Waals surface area contributed by atoms with Crippen LogP contribution in [0.15, 0.2) is 36.4 Å². The summed E-state index contributed by atoms with van der Waals surface area (Å²) < 4.78 is 5.69. The average molecular weight is 421 g/mol. The quantitative estimate of drug-likeness (QED) is 0.809. The van der Waals surface area contributed by atoms with Gasteiger partial charge in [0.1, 0.15) is 6.10 Å². The smallest absolute Gasteiger partial charge is 0.256 e. The second kappa shape index (κ2) is 7.66. The highest BCUT2D eigenvalue weighted by molar-refractivity contribution is 6.06. The number of ether oxygens (including phenoxy) is 1. The molecule has 0 aromatic heterocycles. The van der Waals surface area contributed by atoms with Crippen molar-refractivity contribution in [3.8, 4) is 11.1 Å². The molecule has 1 unspecified atom stereocenters. The fourth-order valence-corrected chi connectivity index (χ4v) is 5.06. The minimum Gasteiger partial charge on any atom is -0.368 e. The molecule has 7 nitrogen and oxygen atoms in total. The van der Waals surface area contributed by atoms with Crippen LogP contribution in [-0.2, 0) is 20.9 Å². The normalized spacial score (nSPS) is 22.5. The first-order valence-electron chi connectivity index (χ1n) is 10.9. The summed E-state index contributed by atoms with van der Waals surface area (Å²) in [5.74, 6) is -0.0252. The van der Waals surface area contributed by atoms with Gasteiger partial charge in [0.15, 0.2) is 0 Å². The van der Waals surface area contributed by atoms with Crippen LogP contribution in [-0.4, -0.2) is 44.2 Å². The van der Waals surface area contributed by atoms with Gasteiger partial charge in [-0.2, -0.15) is 0 Å². The number of hydrogen-bond acceptors (Lipinski definition) is 5. The molecule has 0 aliphatic carbocycles. The third kappa shape index (κ3) is 3.28. The third-order valence-electron chi connectivity index (χ3n) is 6.54. The van der Waals surface area contributed by atoms with E-state index in [0.29, 0.717) is 13.2 Å². The largest absolute Gasteiger partial charge is 0.368 e. The van der Waals surface area contributed by atoms with Crippen LogP contribution in [0.1, 0.15) is 32.3 Å². The number of carbonyl (C=O) groups excluding carboxylic acids is 2. The fourth-order valence-electron chi connectivity index (χ4n) is 5.06. The molecule has 1 fully saturated rings. The topological polar surface area (TPSA) is 65.1 Å². The highest BCUT2D eigenvalue weighted by Crippen LogP contribution is 2.41. The SMILES string of the molecule is CC(=O)N1c2ccc(-c3cccc4c3CNN4C)cc2N(C(=O)C2CCCO2)C[C@@H]1C. The standard InChI is InChI=1S/C24H28N4O3/c1-15-14-27(24(30)23-8-5-11-31-23)22-12-17(9-10-21(22)28(15)16(2)29)18-6-4-7-20-19(18)13-25-26(20)3/h4,6-7,9-10,12,15,23,25H,5,8,11,13-14H2,1-3H3/t15-,23?/m0/s1. The summed E-state index contributed by atoms with van der Waals surface area (Å²) in [5, 5.41) is 2.03. The van der Waals surface area contributed by atoms with Crippen LogP contribution in [0.3, 0.4) is 0 Å². The van der Waals surface area contributed by atoms with Gasteiger partial charge < -0.3 is 19.5 Å². The second-order valence-electron chi connectivity index (χ2n) is 8.59. The molecular weight excluding hydrogens is 392 g/mol. The van der Waals surface area contributed by atoms with Gasteiger partial charge in [-0.25, -0.2) is 5.43 Å². The van der Waals surface area contributed by atoms with E-state index >= 15 is 0 Å². The monoisotopic (exact) mass is 420 g/mol. The van der Waals surface area contributed by atoms with E-state index in [9.17, 15) is 9.59 Å². The van der Waals surface area contributed by atoms with Crippen molar-refractivity contribution in [2.24, 2.45) is 0 Å². The number of rotatable bonds is 2. The zero-order chi connectivity index (χ0) is 21.7. The maximum absolute atomic E-state index is 13.3. The van der Waals surface area contributed by atoms with Crippen LogP contribution in [0.5, 0.6) is 0 Å². The molecule has 0 bridgehead atoms. The van der Waals surface area contributed by atoms with Crippen molar-refractivity contribution in [2.75, 3.05) is 35.0 Å². The minimum absolute atomic E-state index is 0.00866. The number of hydrogen-bond donors (Lipinski definition) is 1. The number of nitrogens with one attached hydrogen (secondary N) is 1. The van der Waals surface area contributed by atoms with E-state index in [1.165, 1.54) is 5.56 Å². The Bertz CT molecular complexity index is 1050. The molecule has 0 spiro atoms. The molecule has 3 heterocycles. The van der Waals surface area contributed by atoms with E-state index in [1.807, 2.05) is 29.9 Å². The predicted octanol–water partition coefficient (Wildman–Crippen LogP) is 3.08. The Balaban J connectivity index is 1.62. The number of anilines is 3. The lowest BCUT2D eigenvalue weighted by atomic mass is 9.96. The molecule has 1 saturated heterocycles. The average Bonchev–Trinajstić information content (AvgIpc) is 3.42. The lowest BCUT2D eigenvalue weighted by molar-refractivity contribution is -0.127. The summed E-state index contributed by atoms with van der Waals surface area (Å²) in [5.41, 5.74) is 9.47. The van der Waals surface area contributed by atoms with Gasteiger partial charge in [0, 0.05) is 39.2 Å². The molecule has 5 rings (SSSR count). The Hall–Kier alpha value is -2.90. The maximum Gasteiger partial charge on any atom is 0.256 e. The number of nitrogens with zero attached hydrogens (tertiary/aromatic N) is 3. The maximum atomic E-state index is 13.3. The molecule has 1 N–H and O–H groups in total. The molecule has 0 radical (unpaired) electrons. The summed E-state index contributed by atoms with van der Waals surface area (Å²) in [6.07, 6.45) is 1.26. The van der Waals surface area contributed by atoms with Crippen LogP contribution in [0.2, 0.25) is 0 Å². The van der Waals surface area contributed by atoms with Crippen LogP contribution in [0.25, 0.3) is 11.1 Å². The van der Waals surface area contributed by atoms with Crippen molar-refractivity contribution in [1.82, 2.24) is 5.43 Å². The van der Waals surface area contributed by atoms with E-state index in [0.717, 1.165) is 47.6 Å². The molecule has 2 aromatic carbocycles. The Kier molecular flexibility index (Phi) is 4.95. The van der Waals surface area contributed by atoms with Gasteiger partial charge >= 0.3 is 0 Å². The molecular formula is C24H28N4O3. The van der Waals surface area contributed by atoms with Gasteiger partial charge in [-0.1, -0.05) is 18.2 Å². The van der Waals surface area contributed by atoms with Gasteiger partial charge in [0.05, 0.1) is 23.1 Å². The molecule has 3 aliphatic heterocycles.